The second kappa shape index (κ2) is 2.41. The first-order valence-corrected chi connectivity index (χ1v) is 3.64. The first-order valence-electron chi connectivity index (χ1n) is 3.64. The van der Waals surface area contributed by atoms with E-state index in [-0.39, 0.29) is 5.62 Å². The van der Waals surface area contributed by atoms with Gasteiger partial charge >= 0.3 is 0 Å². The van der Waals surface area contributed by atoms with Crippen molar-refractivity contribution in [2.45, 2.75) is 6.92 Å². The minimum absolute atomic E-state index is 0.220. The van der Waals surface area contributed by atoms with Crippen LogP contribution in [0.3, 0.4) is 0 Å². The summed E-state index contributed by atoms with van der Waals surface area (Å²) in [7, 11) is 0. The van der Waals surface area contributed by atoms with Gasteiger partial charge in [0.05, 0.1) is 0 Å². The van der Waals surface area contributed by atoms with Crippen LogP contribution < -0.4 is 5.62 Å². The van der Waals surface area contributed by atoms with Crippen molar-refractivity contribution in [2.24, 2.45) is 0 Å². The molecule has 4 heteroatoms. The van der Waals surface area contributed by atoms with E-state index in [1.54, 1.807) is 17.5 Å². The summed E-state index contributed by atoms with van der Waals surface area (Å²) in [5.41, 5.74) is 0.980. The standard InChI is InChI=1S/C8H8N4/c1-6-10-7-4-2-3-5-12(7)8(9)11-6/h2-5,9H,1H3. The lowest BCUT2D eigenvalue weighted by molar-refractivity contribution is 0.843. The lowest BCUT2D eigenvalue weighted by atomic mass is 10.5. The van der Waals surface area contributed by atoms with Crippen molar-refractivity contribution < 1.29 is 0 Å². The molecule has 60 valence electrons. The van der Waals surface area contributed by atoms with Crippen molar-refractivity contribution >= 4 is 5.65 Å². The molecule has 12 heavy (non-hydrogen) atoms. The molecule has 2 aromatic heterocycles. The summed E-state index contributed by atoms with van der Waals surface area (Å²) in [5, 5.41) is 7.52. The fourth-order valence-corrected chi connectivity index (χ4v) is 1.10. The highest BCUT2D eigenvalue weighted by molar-refractivity contribution is 5.35. The van der Waals surface area contributed by atoms with Crippen LogP contribution in [-0.2, 0) is 0 Å². The first-order chi connectivity index (χ1) is 5.77. The molecule has 2 heterocycles. The van der Waals surface area contributed by atoms with Crippen LogP contribution in [0.5, 0.6) is 0 Å². The summed E-state index contributed by atoms with van der Waals surface area (Å²) in [6, 6.07) is 5.59. The number of hydrogen-bond acceptors (Lipinski definition) is 3. The molecule has 0 radical (unpaired) electrons. The smallest absolute Gasteiger partial charge is 0.229 e. The SMILES string of the molecule is Cc1nc(=N)n2ccccc2n1. The molecule has 4 nitrogen and oxygen atoms in total. The highest BCUT2D eigenvalue weighted by atomic mass is 15.1. The van der Waals surface area contributed by atoms with E-state index in [1.807, 2.05) is 18.2 Å². The molecule has 2 aromatic rings. The Morgan fingerprint density at radius 3 is 3.00 bits per heavy atom. The van der Waals surface area contributed by atoms with E-state index in [2.05, 4.69) is 9.97 Å². The Bertz CT molecular complexity index is 472. The minimum atomic E-state index is 0.220. The number of hydrogen-bond donors (Lipinski definition) is 1. The Hall–Kier alpha value is -1.71. The van der Waals surface area contributed by atoms with Crippen LogP contribution >= 0.6 is 0 Å². The third kappa shape index (κ3) is 0.972. The van der Waals surface area contributed by atoms with E-state index in [9.17, 15) is 0 Å². The first kappa shape index (κ1) is 6.97. The number of aryl methyl sites for hydroxylation is 1. The quantitative estimate of drug-likeness (QED) is 0.610. The van der Waals surface area contributed by atoms with Gasteiger partial charge in [0.15, 0.2) is 0 Å². The molecule has 0 fully saturated rings. The van der Waals surface area contributed by atoms with Gasteiger partial charge in [0.2, 0.25) is 5.62 Å². The summed E-state index contributed by atoms with van der Waals surface area (Å²) in [6.45, 7) is 1.78. The highest BCUT2D eigenvalue weighted by Gasteiger charge is 1.94. The van der Waals surface area contributed by atoms with E-state index < -0.39 is 0 Å². The van der Waals surface area contributed by atoms with Crippen LogP contribution in [-0.4, -0.2) is 14.4 Å². The van der Waals surface area contributed by atoms with Crippen molar-refractivity contribution in [1.82, 2.24) is 14.4 Å². The molecule has 1 N–H and O–H groups in total. The summed E-state index contributed by atoms with van der Waals surface area (Å²) in [4.78, 5) is 8.09. The fraction of sp³-hybridized carbons (Fsp3) is 0.125. The Morgan fingerprint density at radius 2 is 2.17 bits per heavy atom. The van der Waals surface area contributed by atoms with Crippen LogP contribution in [0, 0.1) is 12.3 Å². The van der Waals surface area contributed by atoms with Gasteiger partial charge in [-0.3, -0.25) is 9.81 Å². The number of aromatic nitrogens is 3. The molecule has 0 aliphatic carbocycles. The number of pyridine rings is 1. The van der Waals surface area contributed by atoms with Crippen molar-refractivity contribution in [3.63, 3.8) is 0 Å². The van der Waals surface area contributed by atoms with E-state index in [4.69, 9.17) is 5.41 Å². The average Bonchev–Trinajstić information content (AvgIpc) is 2.04. The van der Waals surface area contributed by atoms with Gasteiger partial charge in [0.1, 0.15) is 11.5 Å². The molecule has 0 aliphatic rings. The maximum atomic E-state index is 7.52. The lowest BCUT2D eigenvalue weighted by Gasteiger charge is -1.99. The predicted molar refractivity (Wildman–Crippen MR) is 43.6 cm³/mol. The molecule has 2 rings (SSSR count). The Balaban J connectivity index is 2.99. The van der Waals surface area contributed by atoms with Crippen molar-refractivity contribution in [3.8, 4) is 0 Å². The lowest BCUT2D eigenvalue weighted by Crippen LogP contribution is -2.19. The third-order valence-corrected chi connectivity index (χ3v) is 1.61. The van der Waals surface area contributed by atoms with Gasteiger partial charge in [-0.05, 0) is 19.1 Å². The topological polar surface area (TPSA) is 54.0 Å². The zero-order chi connectivity index (χ0) is 8.55. The Labute approximate surface area is 69.0 Å². The van der Waals surface area contributed by atoms with Crippen LogP contribution in [0.15, 0.2) is 24.4 Å². The van der Waals surface area contributed by atoms with Crippen molar-refractivity contribution in [2.75, 3.05) is 0 Å². The predicted octanol–water partition coefficient (Wildman–Crippen LogP) is 0.517. The Morgan fingerprint density at radius 1 is 1.33 bits per heavy atom. The monoisotopic (exact) mass is 160 g/mol. The maximum Gasteiger partial charge on any atom is 0.229 e. The van der Waals surface area contributed by atoms with Crippen molar-refractivity contribution in [1.29, 1.82) is 5.41 Å². The zero-order valence-corrected chi connectivity index (χ0v) is 6.65. The number of fused-ring (bicyclic) bond motifs is 1. The van der Waals surface area contributed by atoms with Gasteiger partial charge < -0.3 is 0 Å². The van der Waals surface area contributed by atoms with E-state index >= 15 is 0 Å². The van der Waals surface area contributed by atoms with Gasteiger partial charge in [-0.25, -0.2) is 4.98 Å². The molecule has 0 spiro atoms. The molecule has 0 aliphatic heterocycles. The van der Waals surface area contributed by atoms with Gasteiger partial charge in [0.25, 0.3) is 0 Å². The normalized spacial score (nSPS) is 10.4. The largest absolute Gasteiger partial charge is 0.270 e. The molecule has 0 unspecified atom stereocenters. The number of nitrogens with zero attached hydrogens (tertiary/aromatic N) is 3. The molecule has 0 atom stereocenters. The number of rotatable bonds is 0. The summed E-state index contributed by atoms with van der Waals surface area (Å²) in [6.07, 6.45) is 1.77. The van der Waals surface area contributed by atoms with Crippen molar-refractivity contribution in [3.05, 3.63) is 35.8 Å². The van der Waals surface area contributed by atoms with Crippen LogP contribution in [0.1, 0.15) is 5.82 Å². The molecule has 0 amide bonds. The molecule has 0 saturated carbocycles. The van der Waals surface area contributed by atoms with E-state index in [0.29, 0.717) is 5.82 Å². The second-order valence-corrected chi connectivity index (χ2v) is 2.52. The maximum absolute atomic E-state index is 7.52. The molecule has 0 aromatic carbocycles. The van der Waals surface area contributed by atoms with Gasteiger partial charge in [-0.1, -0.05) is 6.07 Å². The summed E-state index contributed by atoms with van der Waals surface area (Å²) in [5.74, 6) is 0.631. The van der Waals surface area contributed by atoms with Crippen LogP contribution in [0.2, 0.25) is 0 Å². The molecule has 0 saturated heterocycles. The van der Waals surface area contributed by atoms with Crippen LogP contribution in [0.25, 0.3) is 5.65 Å². The van der Waals surface area contributed by atoms with Gasteiger partial charge in [-0.2, -0.15) is 4.98 Å². The summed E-state index contributed by atoms with van der Waals surface area (Å²) >= 11 is 0. The van der Waals surface area contributed by atoms with Gasteiger partial charge in [0, 0.05) is 6.20 Å². The molecular formula is C8H8N4. The average molecular weight is 160 g/mol. The van der Waals surface area contributed by atoms with E-state index in [0.717, 1.165) is 5.65 Å². The third-order valence-electron chi connectivity index (χ3n) is 1.61. The van der Waals surface area contributed by atoms with E-state index in [1.165, 1.54) is 0 Å². The molecule has 0 bridgehead atoms. The van der Waals surface area contributed by atoms with Gasteiger partial charge in [-0.15, -0.1) is 0 Å². The molecular weight excluding hydrogens is 152 g/mol. The minimum Gasteiger partial charge on any atom is -0.270 e. The fourth-order valence-electron chi connectivity index (χ4n) is 1.10. The second-order valence-electron chi connectivity index (χ2n) is 2.52. The Kier molecular flexibility index (Phi) is 1.40. The zero-order valence-electron chi connectivity index (χ0n) is 6.65. The summed E-state index contributed by atoms with van der Waals surface area (Å²) < 4.78 is 1.63. The van der Waals surface area contributed by atoms with Crippen LogP contribution in [0.4, 0.5) is 0 Å². The highest BCUT2D eigenvalue weighted by Crippen LogP contribution is 1.93. The number of nitrogens with one attached hydrogen (secondary N) is 1.